The highest BCUT2D eigenvalue weighted by Crippen LogP contribution is 2.29. The normalized spacial score (nSPS) is 20.2. The highest BCUT2D eigenvalue weighted by atomic mass is 32.2. The number of nitrogens with zero attached hydrogens (tertiary/aromatic N) is 3. The molecule has 0 radical (unpaired) electrons. The lowest BCUT2D eigenvalue weighted by molar-refractivity contribution is 0.243. The Hall–Kier alpha value is -2.48. The van der Waals surface area contributed by atoms with Crippen LogP contribution in [0.1, 0.15) is 49.8 Å². The molecule has 7 nitrogen and oxygen atoms in total. The first-order valence-corrected chi connectivity index (χ1v) is 12.8. The van der Waals surface area contributed by atoms with Crippen LogP contribution < -0.4 is 20.9 Å². The van der Waals surface area contributed by atoms with Crippen LogP contribution in [-0.4, -0.2) is 48.4 Å². The molecule has 0 spiro atoms. The minimum absolute atomic E-state index is 0.131. The lowest BCUT2D eigenvalue weighted by atomic mass is 9.91. The molecule has 1 fully saturated rings. The van der Waals surface area contributed by atoms with Gasteiger partial charge in [-0.15, -0.1) is 11.8 Å². The summed E-state index contributed by atoms with van der Waals surface area (Å²) in [6.45, 7) is 0. The number of thioether (sulfide) groups is 1. The third-order valence-electron chi connectivity index (χ3n) is 6.31. The van der Waals surface area contributed by atoms with Crippen LogP contribution in [0.25, 0.3) is 0 Å². The molecular formula is C24H34N6OS. The molecule has 1 saturated carbocycles. The number of carbonyl (C=O) groups excluding carboxylic acids is 1. The highest BCUT2D eigenvalue weighted by molar-refractivity contribution is 7.98. The molecule has 1 aromatic carbocycles. The van der Waals surface area contributed by atoms with Gasteiger partial charge in [0.25, 0.3) is 0 Å². The molecule has 0 bridgehead atoms. The topological polar surface area (TPSA) is 82.2 Å². The van der Waals surface area contributed by atoms with E-state index in [0.717, 1.165) is 60.9 Å². The molecule has 8 heteroatoms. The summed E-state index contributed by atoms with van der Waals surface area (Å²) < 4.78 is 0. The summed E-state index contributed by atoms with van der Waals surface area (Å²) in [7, 11) is 4.11. The predicted molar refractivity (Wildman–Crippen MR) is 133 cm³/mol. The van der Waals surface area contributed by atoms with Crippen LogP contribution in [0.4, 0.5) is 22.2 Å². The SMILES string of the molecule is CSc1cccc(NC(=O)NC2CCC(Nc3nc4c(c(N(C)C)n3)CCCC4)CC2)c1. The molecule has 4 rings (SSSR count). The van der Waals surface area contributed by atoms with Crippen LogP contribution in [0.2, 0.25) is 0 Å². The average molecular weight is 455 g/mol. The van der Waals surface area contributed by atoms with E-state index in [-0.39, 0.29) is 12.1 Å². The molecule has 172 valence electrons. The quantitative estimate of drug-likeness (QED) is 0.550. The second-order valence-electron chi connectivity index (χ2n) is 8.92. The van der Waals surface area contributed by atoms with Gasteiger partial charge in [-0.3, -0.25) is 0 Å². The Kier molecular flexibility index (Phi) is 7.40. The zero-order chi connectivity index (χ0) is 22.5. The number of amides is 2. The maximum absolute atomic E-state index is 12.4. The molecule has 0 unspecified atom stereocenters. The maximum Gasteiger partial charge on any atom is 0.319 e. The average Bonchev–Trinajstić information content (AvgIpc) is 2.80. The number of aromatic nitrogens is 2. The van der Waals surface area contributed by atoms with Gasteiger partial charge in [-0.1, -0.05) is 6.07 Å². The van der Waals surface area contributed by atoms with Crippen molar-refractivity contribution in [1.29, 1.82) is 0 Å². The molecule has 1 heterocycles. The first-order chi connectivity index (χ1) is 15.5. The van der Waals surface area contributed by atoms with Gasteiger partial charge in [-0.05, 0) is 75.8 Å². The molecule has 2 amide bonds. The van der Waals surface area contributed by atoms with Gasteiger partial charge in [0.15, 0.2) is 0 Å². The van der Waals surface area contributed by atoms with E-state index in [1.54, 1.807) is 11.8 Å². The van der Waals surface area contributed by atoms with Crippen LogP contribution in [0.15, 0.2) is 29.2 Å². The smallest absolute Gasteiger partial charge is 0.319 e. The van der Waals surface area contributed by atoms with Crippen molar-refractivity contribution in [2.75, 3.05) is 35.9 Å². The van der Waals surface area contributed by atoms with Crippen molar-refractivity contribution >= 4 is 35.2 Å². The first kappa shape index (κ1) is 22.7. The zero-order valence-electron chi connectivity index (χ0n) is 19.3. The Balaban J connectivity index is 1.29. The van der Waals surface area contributed by atoms with Crippen molar-refractivity contribution < 1.29 is 4.79 Å². The van der Waals surface area contributed by atoms with Gasteiger partial charge in [0.05, 0.1) is 5.69 Å². The van der Waals surface area contributed by atoms with E-state index in [9.17, 15) is 4.79 Å². The minimum Gasteiger partial charge on any atom is -0.362 e. The molecule has 0 aliphatic heterocycles. The third-order valence-corrected chi connectivity index (χ3v) is 7.03. The Morgan fingerprint density at radius 1 is 1.06 bits per heavy atom. The van der Waals surface area contributed by atoms with E-state index in [2.05, 4.69) is 34.9 Å². The van der Waals surface area contributed by atoms with Crippen LogP contribution in [0.3, 0.4) is 0 Å². The first-order valence-electron chi connectivity index (χ1n) is 11.6. The lowest BCUT2D eigenvalue weighted by Crippen LogP contribution is -2.42. The van der Waals surface area contributed by atoms with Crippen molar-refractivity contribution in [3.05, 3.63) is 35.5 Å². The van der Waals surface area contributed by atoms with Crippen LogP contribution in [-0.2, 0) is 12.8 Å². The van der Waals surface area contributed by atoms with Gasteiger partial charge in [-0.25, -0.2) is 9.78 Å². The fourth-order valence-electron chi connectivity index (χ4n) is 4.63. The third kappa shape index (κ3) is 5.65. The molecule has 32 heavy (non-hydrogen) atoms. The summed E-state index contributed by atoms with van der Waals surface area (Å²) >= 11 is 1.66. The van der Waals surface area contributed by atoms with Crippen molar-refractivity contribution in [2.24, 2.45) is 0 Å². The fraction of sp³-hybridized carbons (Fsp3) is 0.542. The number of hydrogen-bond donors (Lipinski definition) is 3. The number of hydrogen-bond acceptors (Lipinski definition) is 6. The van der Waals surface area contributed by atoms with Crippen molar-refractivity contribution in [1.82, 2.24) is 15.3 Å². The molecule has 2 aliphatic rings. The molecule has 1 aromatic heterocycles. The number of nitrogens with one attached hydrogen (secondary N) is 3. The zero-order valence-corrected chi connectivity index (χ0v) is 20.1. The van der Waals surface area contributed by atoms with Gasteiger partial charge >= 0.3 is 6.03 Å². The number of anilines is 3. The summed E-state index contributed by atoms with van der Waals surface area (Å²) in [6.07, 6.45) is 10.4. The van der Waals surface area contributed by atoms with Crippen molar-refractivity contribution in [2.45, 2.75) is 68.3 Å². The Morgan fingerprint density at radius 3 is 2.56 bits per heavy atom. The van der Waals surface area contributed by atoms with Gasteiger partial charge in [-0.2, -0.15) is 4.98 Å². The van der Waals surface area contributed by atoms with E-state index in [1.165, 1.54) is 24.1 Å². The second kappa shape index (κ2) is 10.4. The van der Waals surface area contributed by atoms with Gasteiger partial charge in [0, 0.05) is 42.3 Å². The summed E-state index contributed by atoms with van der Waals surface area (Å²) in [4.78, 5) is 25.3. The van der Waals surface area contributed by atoms with E-state index in [0.29, 0.717) is 6.04 Å². The van der Waals surface area contributed by atoms with Crippen LogP contribution in [0.5, 0.6) is 0 Å². The number of carbonyl (C=O) groups is 1. The van der Waals surface area contributed by atoms with E-state index in [1.807, 2.05) is 30.5 Å². The van der Waals surface area contributed by atoms with Gasteiger partial charge < -0.3 is 20.9 Å². The number of rotatable bonds is 6. The largest absolute Gasteiger partial charge is 0.362 e. The molecule has 3 N–H and O–H groups in total. The predicted octanol–water partition coefficient (Wildman–Crippen LogP) is 4.69. The molecule has 2 aromatic rings. The highest BCUT2D eigenvalue weighted by Gasteiger charge is 2.25. The number of urea groups is 1. The van der Waals surface area contributed by atoms with Crippen molar-refractivity contribution in [3.8, 4) is 0 Å². The van der Waals surface area contributed by atoms with E-state index in [4.69, 9.17) is 9.97 Å². The molecule has 2 aliphatic carbocycles. The summed E-state index contributed by atoms with van der Waals surface area (Å²) in [5.74, 6) is 1.80. The fourth-order valence-corrected chi connectivity index (χ4v) is 5.09. The lowest BCUT2D eigenvalue weighted by Gasteiger charge is -2.30. The number of aryl methyl sites for hydroxylation is 1. The van der Waals surface area contributed by atoms with E-state index < -0.39 is 0 Å². The summed E-state index contributed by atoms with van der Waals surface area (Å²) in [5.41, 5.74) is 3.34. The Bertz CT molecular complexity index is 942. The summed E-state index contributed by atoms with van der Waals surface area (Å²) in [6, 6.07) is 8.31. The van der Waals surface area contributed by atoms with Gasteiger partial charge in [0.2, 0.25) is 5.95 Å². The number of benzene rings is 1. The number of fused-ring (bicyclic) bond motifs is 1. The molecular weight excluding hydrogens is 420 g/mol. The van der Waals surface area contributed by atoms with Crippen LogP contribution >= 0.6 is 11.8 Å². The molecule has 0 saturated heterocycles. The Morgan fingerprint density at radius 2 is 1.81 bits per heavy atom. The van der Waals surface area contributed by atoms with Gasteiger partial charge in [0.1, 0.15) is 5.82 Å². The molecule has 0 atom stereocenters. The Labute approximate surface area is 195 Å². The maximum atomic E-state index is 12.4. The van der Waals surface area contributed by atoms with E-state index >= 15 is 0 Å². The van der Waals surface area contributed by atoms with Crippen molar-refractivity contribution in [3.63, 3.8) is 0 Å². The summed E-state index contributed by atoms with van der Waals surface area (Å²) in [5, 5.41) is 9.66. The van der Waals surface area contributed by atoms with Crippen LogP contribution in [0, 0.1) is 0 Å². The monoisotopic (exact) mass is 454 g/mol. The standard InChI is InChI=1S/C24H34N6OS/c1-30(2)22-20-9-4-5-10-21(20)28-23(29-22)25-16-11-13-17(14-12-16)26-24(31)27-18-7-6-8-19(15-18)32-3/h6-8,15-17H,4-5,9-14H2,1-3H3,(H,25,28,29)(H2,26,27,31). The second-order valence-corrected chi connectivity index (χ2v) is 9.80. The minimum atomic E-state index is -0.131.